The number of amides is 3. The van der Waals surface area contributed by atoms with Crippen LogP contribution >= 0.6 is 15.9 Å². The number of halogens is 4. The molecule has 0 radical (unpaired) electrons. The molecule has 0 heterocycles. The normalized spacial score (nSPS) is 12.2. The van der Waals surface area contributed by atoms with Crippen molar-refractivity contribution in [3.05, 3.63) is 28.7 Å². The molecule has 2 atom stereocenters. The van der Waals surface area contributed by atoms with Gasteiger partial charge in [-0.1, -0.05) is 15.9 Å². The minimum atomic E-state index is -5.19. The number of rotatable bonds is 12. The number of aliphatic carboxylic acids is 3. The van der Waals surface area contributed by atoms with E-state index < -0.39 is 60.4 Å². The summed E-state index contributed by atoms with van der Waals surface area (Å²) in [5, 5.41) is 41.2. The Labute approximate surface area is 220 Å². The maximum absolute atomic E-state index is 12.2. The Morgan fingerprint density at radius 3 is 2.00 bits per heavy atom. The van der Waals surface area contributed by atoms with Gasteiger partial charge in [0, 0.05) is 23.7 Å². The SMILES string of the molecule is O=C([O-])C(F)(F)F.[NH3+][C@@H](CCC(=O)N[C@H](CCC(=O)N(O)c1ccc(Br)cc1)C(=O)NCC(=O)O)C(=O)O. The predicted octanol–water partition coefficient (Wildman–Crippen LogP) is -1.59. The van der Waals surface area contributed by atoms with E-state index in [4.69, 9.17) is 20.1 Å². The number of carbonyl (C=O) groups excluding carboxylic acids is 4. The Balaban J connectivity index is 0.00000171. The second kappa shape index (κ2) is 16.2. The lowest BCUT2D eigenvalue weighted by atomic mass is 10.1. The molecular formula is C20H24BrF3N4O10. The maximum Gasteiger partial charge on any atom is 0.430 e. The van der Waals surface area contributed by atoms with Gasteiger partial charge in [-0.15, -0.1) is 0 Å². The minimum Gasteiger partial charge on any atom is -0.542 e. The summed E-state index contributed by atoms with van der Waals surface area (Å²) in [5.41, 5.74) is 3.57. The highest BCUT2D eigenvalue weighted by Gasteiger charge is 2.29. The Kier molecular flexibility index (Phi) is 14.5. The molecule has 38 heavy (non-hydrogen) atoms. The largest absolute Gasteiger partial charge is 0.542 e. The van der Waals surface area contributed by atoms with Crippen molar-refractivity contribution < 1.29 is 68.2 Å². The zero-order valence-electron chi connectivity index (χ0n) is 19.4. The zero-order valence-corrected chi connectivity index (χ0v) is 21.0. The van der Waals surface area contributed by atoms with Gasteiger partial charge in [0.15, 0.2) is 6.04 Å². The molecule has 0 aliphatic rings. The summed E-state index contributed by atoms with van der Waals surface area (Å²) in [6, 6.07) is 3.92. The molecule has 0 saturated carbocycles. The second-order valence-corrected chi connectivity index (χ2v) is 8.23. The molecule has 14 nitrogen and oxygen atoms in total. The Morgan fingerprint density at radius 2 is 1.55 bits per heavy atom. The van der Waals surface area contributed by atoms with Crippen LogP contribution in [0.4, 0.5) is 18.9 Å². The third-order valence-corrected chi connectivity index (χ3v) is 4.85. The molecule has 1 aromatic rings. The van der Waals surface area contributed by atoms with E-state index in [1.165, 1.54) is 12.1 Å². The molecule has 18 heteroatoms. The summed E-state index contributed by atoms with van der Waals surface area (Å²) in [7, 11) is 0. The number of hydroxylamine groups is 1. The van der Waals surface area contributed by atoms with Crippen LogP contribution in [0, 0.1) is 0 Å². The van der Waals surface area contributed by atoms with E-state index >= 15 is 0 Å². The molecule has 0 spiro atoms. The first kappa shape index (κ1) is 34.2. The topological polar surface area (TPSA) is 241 Å². The molecule has 0 unspecified atom stereocenters. The number of hydrogen-bond donors (Lipinski definition) is 6. The Hall–Kier alpha value is -3.77. The molecule has 0 aromatic heterocycles. The number of alkyl halides is 3. The standard InChI is InChI=1S/C18H23BrN4O8.C2HF3O2/c19-10-1-3-11(4-2-10)23(31)15(25)8-6-13(17(28)21-9-16(26)27)22-14(24)7-5-12(20)18(29)30;3-2(4,5)1(6)7/h1-4,12-13,31H,5-9,20H2,(H,21,28)(H,22,24)(H,26,27)(H,29,30);(H,6,7)/t12-,13+;/m0./s1. The number of hydrogen-bond acceptors (Lipinski definition) is 8. The van der Waals surface area contributed by atoms with Crippen LogP contribution < -0.4 is 26.5 Å². The summed E-state index contributed by atoms with van der Waals surface area (Å²) >= 11 is 3.23. The molecule has 0 bridgehead atoms. The van der Waals surface area contributed by atoms with Crippen molar-refractivity contribution in [1.82, 2.24) is 10.6 Å². The fraction of sp³-hybridized carbons (Fsp3) is 0.400. The van der Waals surface area contributed by atoms with Crippen LogP contribution in [0.2, 0.25) is 0 Å². The number of nitrogens with one attached hydrogen (secondary N) is 2. The van der Waals surface area contributed by atoms with Gasteiger partial charge in [-0.25, -0.2) is 4.79 Å². The third kappa shape index (κ3) is 14.1. The molecule has 0 aliphatic carbocycles. The fourth-order valence-corrected chi connectivity index (χ4v) is 2.61. The average Bonchev–Trinajstić information content (AvgIpc) is 2.82. The van der Waals surface area contributed by atoms with E-state index in [1.807, 2.05) is 0 Å². The molecule has 0 fully saturated rings. The Morgan fingerprint density at radius 1 is 1.03 bits per heavy atom. The van der Waals surface area contributed by atoms with E-state index in [0.717, 1.165) is 4.47 Å². The van der Waals surface area contributed by atoms with E-state index in [-0.39, 0.29) is 31.4 Å². The molecule has 3 amide bonds. The van der Waals surface area contributed by atoms with Gasteiger partial charge >= 0.3 is 18.1 Å². The fourth-order valence-electron chi connectivity index (χ4n) is 2.35. The van der Waals surface area contributed by atoms with E-state index in [0.29, 0.717) is 5.06 Å². The van der Waals surface area contributed by atoms with Crippen LogP contribution in [0.5, 0.6) is 0 Å². The first-order valence-corrected chi connectivity index (χ1v) is 11.1. The van der Waals surface area contributed by atoms with Gasteiger partial charge < -0.3 is 36.5 Å². The van der Waals surface area contributed by atoms with Crippen molar-refractivity contribution in [1.29, 1.82) is 0 Å². The van der Waals surface area contributed by atoms with E-state index in [2.05, 4.69) is 32.3 Å². The van der Waals surface area contributed by atoms with Gasteiger partial charge in [0.1, 0.15) is 18.6 Å². The highest BCUT2D eigenvalue weighted by Crippen LogP contribution is 2.18. The number of quaternary nitrogens is 1. The average molecular weight is 617 g/mol. The van der Waals surface area contributed by atoms with Crippen LogP contribution in [0.25, 0.3) is 0 Å². The number of carbonyl (C=O) groups is 6. The van der Waals surface area contributed by atoms with Crippen LogP contribution in [0.15, 0.2) is 28.7 Å². The van der Waals surface area contributed by atoms with Gasteiger partial charge in [0.05, 0.1) is 5.69 Å². The molecular weight excluding hydrogens is 593 g/mol. The van der Waals surface area contributed by atoms with Crippen LogP contribution in [0.3, 0.4) is 0 Å². The summed E-state index contributed by atoms with van der Waals surface area (Å²) in [5.74, 6) is -7.73. The number of benzene rings is 1. The van der Waals surface area contributed by atoms with Crippen molar-refractivity contribution in [2.45, 2.75) is 43.9 Å². The van der Waals surface area contributed by atoms with Gasteiger partial charge in [-0.2, -0.15) is 18.2 Å². The monoisotopic (exact) mass is 616 g/mol. The van der Waals surface area contributed by atoms with Gasteiger partial charge in [0.2, 0.25) is 11.8 Å². The number of carboxylic acids is 3. The highest BCUT2D eigenvalue weighted by molar-refractivity contribution is 9.10. The number of nitrogens with zero attached hydrogens (tertiary/aromatic N) is 1. The van der Waals surface area contributed by atoms with Gasteiger partial charge in [-0.3, -0.25) is 24.4 Å². The van der Waals surface area contributed by atoms with E-state index in [1.54, 1.807) is 12.1 Å². The van der Waals surface area contributed by atoms with E-state index in [9.17, 15) is 42.4 Å². The summed E-state index contributed by atoms with van der Waals surface area (Å²) < 4.78 is 32.3. The molecule has 0 saturated heterocycles. The van der Waals surface area contributed by atoms with Crippen molar-refractivity contribution >= 4 is 57.2 Å². The van der Waals surface area contributed by atoms with Crippen LogP contribution in [0.1, 0.15) is 25.7 Å². The quantitative estimate of drug-likeness (QED) is 0.116. The number of carboxylic acid groups (broad SMARTS) is 3. The predicted molar refractivity (Wildman–Crippen MR) is 120 cm³/mol. The maximum atomic E-state index is 12.2. The number of anilines is 1. The van der Waals surface area contributed by atoms with Crippen molar-refractivity contribution in [3.63, 3.8) is 0 Å². The molecule has 8 N–H and O–H groups in total. The summed E-state index contributed by atoms with van der Waals surface area (Å²) in [4.78, 5) is 66.8. The molecule has 1 aromatic carbocycles. The highest BCUT2D eigenvalue weighted by atomic mass is 79.9. The van der Waals surface area contributed by atoms with Crippen molar-refractivity contribution in [2.24, 2.45) is 0 Å². The first-order chi connectivity index (χ1) is 17.4. The lowest BCUT2D eigenvalue weighted by molar-refractivity contribution is -0.408. The van der Waals surface area contributed by atoms with Gasteiger partial charge in [-0.05, 0) is 30.7 Å². The van der Waals surface area contributed by atoms with Crippen molar-refractivity contribution in [2.75, 3.05) is 11.6 Å². The summed E-state index contributed by atoms with van der Waals surface area (Å²) in [6.07, 6.45) is -6.07. The van der Waals surface area contributed by atoms with Crippen LogP contribution in [-0.4, -0.2) is 75.9 Å². The molecule has 212 valence electrons. The smallest absolute Gasteiger partial charge is 0.430 e. The lowest BCUT2D eigenvalue weighted by Gasteiger charge is -2.20. The minimum absolute atomic E-state index is 0.0719. The van der Waals surface area contributed by atoms with Crippen molar-refractivity contribution in [3.8, 4) is 0 Å². The molecule has 1 rings (SSSR count). The molecule has 0 aliphatic heterocycles. The lowest BCUT2D eigenvalue weighted by Crippen LogP contribution is -2.65. The van der Waals surface area contributed by atoms with Crippen LogP contribution in [-0.2, 0) is 28.8 Å². The zero-order chi connectivity index (χ0) is 29.6. The van der Waals surface area contributed by atoms with Gasteiger partial charge in [0.25, 0.3) is 5.91 Å². The second-order valence-electron chi connectivity index (χ2n) is 7.31. The third-order valence-electron chi connectivity index (χ3n) is 4.32. The summed E-state index contributed by atoms with van der Waals surface area (Å²) in [6.45, 7) is -0.690. The first-order valence-electron chi connectivity index (χ1n) is 10.4. The Bertz CT molecular complexity index is 1010.